The maximum absolute atomic E-state index is 2.33. The highest BCUT2D eigenvalue weighted by atomic mass is 15.1. The molecular formula is C20H27N. The molecule has 0 amide bonds. The van der Waals surface area contributed by atoms with Crippen molar-refractivity contribution < 1.29 is 0 Å². The molecule has 0 fully saturated rings. The van der Waals surface area contributed by atoms with Crippen LogP contribution in [0, 0.1) is 48.5 Å². The molecule has 0 saturated carbocycles. The maximum atomic E-state index is 2.33. The topological polar surface area (TPSA) is 3.24 Å². The summed E-state index contributed by atoms with van der Waals surface area (Å²) < 4.78 is 0. The summed E-state index contributed by atoms with van der Waals surface area (Å²) in [6.45, 7) is 15.4. The van der Waals surface area contributed by atoms with Crippen LogP contribution in [0.2, 0.25) is 0 Å². The molecule has 112 valence electrons. The molecule has 2 aromatic rings. The first kappa shape index (κ1) is 15.6. The minimum Gasteiger partial charge on any atom is -0.344 e. The minimum atomic E-state index is 1.30. The number of rotatable bonds is 2. The molecule has 21 heavy (non-hydrogen) atoms. The Balaban J connectivity index is 2.60. The van der Waals surface area contributed by atoms with Gasteiger partial charge in [-0.25, -0.2) is 0 Å². The van der Waals surface area contributed by atoms with Crippen LogP contribution in [0.15, 0.2) is 18.2 Å². The Morgan fingerprint density at radius 3 is 1.67 bits per heavy atom. The van der Waals surface area contributed by atoms with Crippen LogP contribution in [0.25, 0.3) is 0 Å². The Morgan fingerprint density at radius 1 is 0.524 bits per heavy atom. The molecule has 2 aromatic carbocycles. The van der Waals surface area contributed by atoms with E-state index in [4.69, 9.17) is 0 Å². The van der Waals surface area contributed by atoms with Crippen molar-refractivity contribution in [3.8, 4) is 0 Å². The minimum absolute atomic E-state index is 1.30. The van der Waals surface area contributed by atoms with Crippen molar-refractivity contribution in [2.45, 2.75) is 48.5 Å². The number of hydrogen-bond acceptors (Lipinski definition) is 1. The Morgan fingerprint density at radius 2 is 1.05 bits per heavy atom. The van der Waals surface area contributed by atoms with Crippen LogP contribution >= 0.6 is 0 Å². The number of aryl methyl sites for hydroxylation is 4. The van der Waals surface area contributed by atoms with Crippen LogP contribution in [-0.4, -0.2) is 7.05 Å². The largest absolute Gasteiger partial charge is 0.344 e. The lowest BCUT2D eigenvalue weighted by Gasteiger charge is -2.27. The van der Waals surface area contributed by atoms with E-state index in [9.17, 15) is 0 Å². The molecule has 0 bridgehead atoms. The molecule has 0 saturated heterocycles. The summed E-state index contributed by atoms with van der Waals surface area (Å²) >= 11 is 0. The number of nitrogens with zero attached hydrogens (tertiary/aromatic N) is 1. The van der Waals surface area contributed by atoms with Crippen LogP contribution in [0.1, 0.15) is 38.9 Å². The summed E-state index contributed by atoms with van der Waals surface area (Å²) in [5.41, 5.74) is 12.2. The second-order valence-corrected chi connectivity index (χ2v) is 6.37. The Hall–Kier alpha value is -1.76. The molecule has 0 aliphatic carbocycles. The van der Waals surface area contributed by atoms with Gasteiger partial charge in [0.1, 0.15) is 0 Å². The number of anilines is 2. The Kier molecular flexibility index (Phi) is 4.13. The van der Waals surface area contributed by atoms with Crippen LogP contribution < -0.4 is 4.90 Å². The molecule has 2 rings (SSSR count). The first-order chi connectivity index (χ1) is 9.73. The normalized spacial score (nSPS) is 10.9. The van der Waals surface area contributed by atoms with E-state index in [2.05, 4.69) is 78.6 Å². The monoisotopic (exact) mass is 281 g/mol. The average Bonchev–Trinajstić information content (AvgIpc) is 2.43. The fraction of sp³-hybridized carbons (Fsp3) is 0.400. The molecule has 1 heteroatoms. The third-order valence-corrected chi connectivity index (χ3v) is 4.99. The molecule has 0 heterocycles. The van der Waals surface area contributed by atoms with Crippen molar-refractivity contribution in [1.82, 2.24) is 0 Å². The van der Waals surface area contributed by atoms with Gasteiger partial charge in [0.2, 0.25) is 0 Å². The van der Waals surface area contributed by atoms with Crippen molar-refractivity contribution >= 4 is 11.4 Å². The molecule has 0 unspecified atom stereocenters. The third-order valence-electron chi connectivity index (χ3n) is 4.99. The lowest BCUT2D eigenvalue weighted by molar-refractivity contribution is 1.12. The van der Waals surface area contributed by atoms with Gasteiger partial charge in [-0.1, -0.05) is 6.07 Å². The second kappa shape index (κ2) is 5.55. The van der Waals surface area contributed by atoms with E-state index in [0.717, 1.165) is 0 Å². The summed E-state index contributed by atoms with van der Waals surface area (Å²) in [5, 5.41) is 0. The average molecular weight is 281 g/mol. The zero-order valence-electron chi connectivity index (χ0n) is 14.7. The van der Waals surface area contributed by atoms with Gasteiger partial charge < -0.3 is 4.90 Å². The predicted octanol–water partition coefficient (Wildman–Crippen LogP) is 5.61. The molecule has 0 radical (unpaired) electrons. The van der Waals surface area contributed by atoms with Crippen molar-refractivity contribution in [1.29, 1.82) is 0 Å². The van der Waals surface area contributed by atoms with Gasteiger partial charge in [0.05, 0.1) is 0 Å². The summed E-state index contributed by atoms with van der Waals surface area (Å²) in [5.74, 6) is 0. The number of benzene rings is 2. The van der Waals surface area contributed by atoms with Gasteiger partial charge >= 0.3 is 0 Å². The van der Waals surface area contributed by atoms with Crippen molar-refractivity contribution in [3.63, 3.8) is 0 Å². The van der Waals surface area contributed by atoms with Crippen molar-refractivity contribution in [3.05, 3.63) is 57.1 Å². The lowest BCUT2D eigenvalue weighted by Crippen LogP contribution is -2.14. The molecule has 0 N–H and O–H groups in total. The van der Waals surface area contributed by atoms with Gasteiger partial charge in [0, 0.05) is 18.4 Å². The molecular weight excluding hydrogens is 254 g/mol. The molecule has 0 aliphatic heterocycles. The smallest absolute Gasteiger partial charge is 0.0443 e. The summed E-state index contributed by atoms with van der Waals surface area (Å²) in [4.78, 5) is 2.33. The van der Waals surface area contributed by atoms with Crippen LogP contribution in [0.5, 0.6) is 0 Å². The van der Waals surface area contributed by atoms with Gasteiger partial charge in [0.15, 0.2) is 0 Å². The van der Waals surface area contributed by atoms with E-state index in [1.54, 1.807) is 0 Å². The van der Waals surface area contributed by atoms with Gasteiger partial charge in [-0.05, 0) is 99.5 Å². The molecule has 1 nitrogen and oxygen atoms in total. The Bertz CT molecular complexity index is 696. The highest BCUT2D eigenvalue weighted by Gasteiger charge is 2.14. The van der Waals surface area contributed by atoms with Crippen LogP contribution in [-0.2, 0) is 0 Å². The highest BCUT2D eigenvalue weighted by molar-refractivity contribution is 5.71. The first-order valence-corrected chi connectivity index (χ1v) is 7.63. The Labute approximate surface area is 129 Å². The van der Waals surface area contributed by atoms with Crippen LogP contribution in [0.3, 0.4) is 0 Å². The molecule has 0 atom stereocenters. The fourth-order valence-electron chi connectivity index (χ4n) is 2.98. The van der Waals surface area contributed by atoms with E-state index < -0.39 is 0 Å². The van der Waals surface area contributed by atoms with Crippen molar-refractivity contribution in [2.24, 2.45) is 0 Å². The zero-order valence-corrected chi connectivity index (χ0v) is 14.7. The maximum Gasteiger partial charge on any atom is 0.0443 e. The lowest BCUT2D eigenvalue weighted by atomic mass is 9.96. The van der Waals surface area contributed by atoms with Gasteiger partial charge in [-0.2, -0.15) is 0 Å². The molecule has 0 aromatic heterocycles. The predicted molar refractivity (Wildman–Crippen MR) is 94.1 cm³/mol. The molecule has 0 aliphatic rings. The summed E-state index contributed by atoms with van der Waals surface area (Å²) in [6, 6.07) is 6.89. The van der Waals surface area contributed by atoms with Crippen LogP contribution in [0.4, 0.5) is 11.4 Å². The SMILES string of the molecule is Cc1cc(C)c(N(C)c2cc(C)c(C)c(C)c2C)cc1C. The van der Waals surface area contributed by atoms with Gasteiger partial charge in [-0.3, -0.25) is 0 Å². The number of hydrogen-bond donors (Lipinski definition) is 0. The quantitative estimate of drug-likeness (QED) is 0.691. The highest BCUT2D eigenvalue weighted by Crippen LogP contribution is 2.34. The standard InChI is InChI=1S/C20H27N/c1-12-9-15(4)19(10-13(12)2)21(8)20-11-14(3)16(5)17(6)18(20)7/h9-11H,1-8H3. The van der Waals surface area contributed by atoms with Gasteiger partial charge in [-0.15, -0.1) is 0 Å². The van der Waals surface area contributed by atoms with Gasteiger partial charge in [0.25, 0.3) is 0 Å². The fourth-order valence-corrected chi connectivity index (χ4v) is 2.98. The van der Waals surface area contributed by atoms with E-state index in [-0.39, 0.29) is 0 Å². The van der Waals surface area contributed by atoms with E-state index in [0.29, 0.717) is 0 Å². The molecule has 0 spiro atoms. The van der Waals surface area contributed by atoms with Crippen molar-refractivity contribution in [2.75, 3.05) is 11.9 Å². The van der Waals surface area contributed by atoms with E-state index in [1.165, 1.54) is 50.3 Å². The summed E-state index contributed by atoms with van der Waals surface area (Å²) in [7, 11) is 2.17. The third kappa shape index (κ3) is 2.70. The van der Waals surface area contributed by atoms with E-state index >= 15 is 0 Å². The van der Waals surface area contributed by atoms with E-state index in [1.807, 2.05) is 0 Å². The summed E-state index contributed by atoms with van der Waals surface area (Å²) in [6.07, 6.45) is 0. The zero-order chi connectivity index (χ0) is 15.9. The second-order valence-electron chi connectivity index (χ2n) is 6.37. The first-order valence-electron chi connectivity index (χ1n) is 7.63.